The molecular weight excluding hydrogens is 307 g/mol. The molecule has 2 N–H and O–H groups in total. The molecule has 1 saturated heterocycles. The molecule has 0 amide bonds. The highest BCUT2D eigenvalue weighted by molar-refractivity contribution is 5.79. The molecule has 1 aliphatic heterocycles. The van der Waals surface area contributed by atoms with E-state index in [1.807, 2.05) is 0 Å². The van der Waals surface area contributed by atoms with E-state index in [-0.39, 0.29) is 5.82 Å². The number of halogens is 1. The van der Waals surface area contributed by atoms with Crippen molar-refractivity contribution in [2.24, 2.45) is 10.9 Å². The second kappa shape index (κ2) is 10.3. The lowest BCUT2D eigenvalue weighted by atomic mass is 9.97. The number of ether oxygens (including phenoxy) is 1. The molecule has 1 aliphatic rings. The van der Waals surface area contributed by atoms with E-state index < -0.39 is 0 Å². The minimum Gasteiger partial charge on any atom is -0.383 e. The Labute approximate surface area is 144 Å². The number of nitrogens with one attached hydrogen (secondary N) is 2. The van der Waals surface area contributed by atoms with Crippen LogP contribution in [0.2, 0.25) is 0 Å². The first-order chi connectivity index (χ1) is 11.7. The van der Waals surface area contributed by atoms with Gasteiger partial charge < -0.3 is 20.3 Å². The van der Waals surface area contributed by atoms with Gasteiger partial charge in [0.1, 0.15) is 5.82 Å². The summed E-state index contributed by atoms with van der Waals surface area (Å²) in [7, 11) is 3.52. The Morgan fingerprint density at radius 1 is 1.25 bits per heavy atom. The average molecular weight is 336 g/mol. The predicted molar refractivity (Wildman–Crippen MR) is 95.6 cm³/mol. The van der Waals surface area contributed by atoms with Crippen LogP contribution in [0.5, 0.6) is 0 Å². The highest BCUT2D eigenvalue weighted by Crippen LogP contribution is 2.15. The van der Waals surface area contributed by atoms with Gasteiger partial charge in [0, 0.05) is 33.8 Å². The molecule has 5 nitrogen and oxygen atoms in total. The first-order valence-electron chi connectivity index (χ1n) is 8.61. The van der Waals surface area contributed by atoms with E-state index in [0.717, 1.165) is 44.3 Å². The number of piperidine rings is 1. The van der Waals surface area contributed by atoms with Crippen LogP contribution < -0.4 is 10.6 Å². The molecule has 0 spiro atoms. The summed E-state index contributed by atoms with van der Waals surface area (Å²) in [5.74, 6) is 1.26. The molecule has 0 aromatic heterocycles. The van der Waals surface area contributed by atoms with Gasteiger partial charge in [-0.2, -0.15) is 0 Å². The summed E-state index contributed by atoms with van der Waals surface area (Å²) >= 11 is 0. The molecule has 134 valence electrons. The number of nitrogens with zero attached hydrogens (tertiary/aromatic N) is 2. The van der Waals surface area contributed by atoms with Gasteiger partial charge in [0.2, 0.25) is 0 Å². The molecule has 1 aromatic carbocycles. The fourth-order valence-corrected chi connectivity index (χ4v) is 2.88. The largest absolute Gasteiger partial charge is 0.383 e. The van der Waals surface area contributed by atoms with E-state index in [1.54, 1.807) is 26.3 Å². The molecule has 0 radical (unpaired) electrons. The molecule has 1 heterocycles. The summed E-state index contributed by atoms with van der Waals surface area (Å²) in [4.78, 5) is 6.71. The maximum Gasteiger partial charge on any atom is 0.191 e. The predicted octanol–water partition coefficient (Wildman–Crippen LogP) is 1.85. The Balaban J connectivity index is 1.66. The van der Waals surface area contributed by atoms with Gasteiger partial charge in [-0.15, -0.1) is 0 Å². The summed E-state index contributed by atoms with van der Waals surface area (Å²) in [5.41, 5.74) is 1.03. The van der Waals surface area contributed by atoms with E-state index >= 15 is 0 Å². The Morgan fingerprint density at radius 2 is 1.96 bits per heavy atom. The highest BCUT2D eigenvalue weighted by Gasteiger charge is 2.18. The van der Waals surface area contributed by atoms with Crippen molar-refractivity contribution in [2.45, 2.75) is 19.4 Å². The first kappa shape index (κ1) is 18.7. The molecule has 0 bridgehead atoms. The number of methoxy groups -OCH3 is 1. The van der Waals surface area contributed by atoms with E-state index in [2.05, 4.69) is 20.5 Å². The van der Waals surface area contributed by atoms with Crippen molar-refractivity contribution in [3.8, 4) is 0 Å². The molecule has 0 unspecified atom stereocenters. The van der Waals surface area contributed by atoms with E-state index in [4.69, 9.17) is 4.74 Å². The lowest BCUT2D eigenvalue weighted by molar-refractivity contribution is 0.121. The van der Waals surface area contributed by atoms with Gasteiger partial charge in [0.25, 0.3) is 0 Å². The summed E-state index contributed by atoms with van der Waals surface area (Å²) < 4.78 is 18.0. The van der Waals surface area contributed by atoms with Gasteiger partial charge in [0.05, 0.1) is 6.61 Å². The number of rotatable bonds is 7. The summed E-state index contributed by atoms with van der Waals surface area (Å²) in [6, 6.07) is 6.52. The van der Waals surface area contributed by atoms with Gasteiger partial charge in [-0.05, 0) is 49.5 Å². The number of benzene rings is 1. The number of hydrogen-bond acceptors (Lipinski definition) is 3. The number of likely N-dealkylation sites (tertiary alicyclic amines) is 1. The third kappa shape index (κ3) is 6.45. The Morgan fingerprint density at radius 3 is 2.58 bits per heavy atom. The Hall–Kier alpha value is -1.66. The van der Waals surface area contributed by atoms with E-state index in [0.29, 0.717) is 12.5 Å². The number of aliphatic imine (C=N–C) groups is 1. The maximum absolute atomic E-state index is 12.9. The van der Waals surface area contributed by atoms with Crippen molar-refractivity contribution in [3.05, 3.63) is 35.6 Å². The first-order valence-corrected chi connectivity index (χ1v) is 8.61. The van der Waals surface area contributed by atoms with Crippen LogP contribution in [0.4, 0.5) is 4.39 Å². The fraction of sp³-hybridized carbons (Fsp3) is 0.611. The average Bonchev–Trinajstić information content (AvgIpc) is 2.62. The zero-order chi connectivity index (χ0) is 17.2. The third-order valence-electron chi connectivity index (χ3n) is 4.47. The smallest absolute Gasteiger partial charge is 0.191 e. The molecule has 24 heavy (non-hydrogen) atoms. The Kier molecular flexibility index (Phi) is 7.98. The standard InChI is InChI=1S/C18H29FN4O/c1-20-18(21-13-15-3-5-17(19)6-4-15)22-14-16-7-9-23(10-8-16)11-12-24-2/h3-6,16H,7-14H2,1-2H3,(H2,20,21,22). The quantitative estimate of drug-likeness (QED) is 0.589. The molecule has 1 aromatic rings. The topological polar surface area (TPSA) is 48.9 Å². The number of guanidine groups is 1. The zero-order valence-corrected chi connectivity index (χ0v) is 14.7. The normalized spacial score (nSPS) is 17.0. The van der Waals surface area contributed by atoms with Crippen LogP contribution in [0.15, 0.2) is 29.3 Å². The summed E-state index contributed by atoms with van der Waals surface area (Å²) in [6.07, 6.45) is 2.40. The van der Waals surface area contributed by atoms with Crippen LogP contribution >= 0.6 is 0 Å². The van der Waals surface area contributed by atoms with Crippen LogP contribution in [-0.4, -0.2) is 57.8 Å². The molecule has 0 aliphatic carbocycles. The number of hydrogen-bond donors (Lipinski definition) is 2. The lowest BCUT2D eigenvalue weighted by Crippen LogP contribution is -2.43. The highest BCUT2D eigenvalue weighted by atomic mass is 19.1. The second-order valence-electron chi connectivity index (χ2n) is 6.21. The van der Waals surface area contributed by atoms with E-state index in [1.165, 1.54) is 25.0 Å². The molecule has 6 heteroatoms. The summed E-state index contributed by atoms with van der Waals surface area (Å²) in [6.45, 7) is 5.67. The SMILES string of the molecule is CN=C(NCc1ccc(F)cc1)NCC1CCN(CCOC)CC1. The molecule has 1 fully saturated rings. The van der Waals surface area contributed by atoms with Crippen molar-refractivity contribution in [1.29, 1.82) is 0 Å². The minimum absolute atomic E-state index is 0.210. The summed E-state index contributed by atoms with van der Waals surface area (Å²) in [5, 5.41) is 6.67. The molecule has 0 atom stereocenters. The van der Waals surface area contributed by atoms with Gasteiger partial charge in [-0.1, -0.05) is 12.1 Å². The van der Waals surface area contributed by atoms with Gasteiger partial charge >= 0.3 is 0 Å². The van der Waals surface area contributed by atoms with Crippen LogP contribution in [0.25, 0.3) is 0 Å². The monoisotopic (exact) mass is 336 g/mol. The van der Waals surface area contributed by atoms with Crippen LogP contribution in [-0.2, 0) is 11.3 Å². The second-order valence-corrected chi connectivity index (χ2v) is 6.21. The van der Waals surface area contributed by atoms with Crippen LogP contribution in [0, 0.1) is 11.7 Å². The minimum atomic E-state index is -0.210. The van der Waals surface area contributed by atoms with Crippen molar-refractivity contribution in [2.75, 3.05) is 46.9 Å². The van der Waals surface area contributed by atoms with Crippen LogP contribution in [0.1, 0.15) is 18.4 Å². The van der Waals surface area contributed by atoms with Gasteiger partial charge in [-0.25, -0.2) is 4.39 Å². The molecule has 0 saturated carbocycles. The zero-order valence-electron chi connectivity index (χ0n) is 14.7. The van der Waals surface area contributed by atoms with Gasteiger partial charge in [0.15, 0.2) is 5.96 Å². The van der Waals surface area contributed by atoms with E-state index in [9.17, 15) is 4.39 Å². The molecular formula is C18H29FN4O. The lowest BCUT2D eigenvalue weighted by Gasteiger charge is -2.32. The van der Waals surface area contributed by atoms with Gasteiger partial charge in [-0.3, -0.25) is 4.99 Å². The fourth-order valence-electron chi connectivity index (χ4n) is 2.88. The maximum atomic E-state index is 12.9. The van der Waals surface area contributed by atoms with Crippen LogP contribution in [0.3, 0.4) is 0 Å². The Bertz CT molecular complexity index is 498. The van der Waals surface area contributed by atoms with Crippen molar-refractivity contribution >= 4 is 5.96 Å². The third-order valence-corrected chi connectivity index (χ3v) is 4.47. The van der Waals surface area contributed by atoms with Crippen molar-refractivity contribution in [3.63, 3.8) is 0 Å². The van der Waals surface area contributed by atoms with Crippen molar-refractivity contribution < 1.29 is 9.13 Å². The molecule has 2 rings (SSSR count). The van der Waals surface area contributed by atoms with Crippen molar-refractivity contribution in [1.82, 2.24) is 15.5 Å².